The Morgan fingerprint density at radius 2 is 2.29 bits per heavy atom. The van der Waals surface area contributed by atoms with Crippen molar-refractivity contribution in [2.75, 3.05) is 20.1 Å². The molecule has 2 heterocycles. The largest absolute Gasteiger partial charge is 0.359 e. The third-order valence-corrected chi connectivity index (χ3v) is 5.58. The molecule has 1 saturated heterocycles. The van der Waals surface area contributed by atoms with Gasteiger partial charge in [-0.05, 0) is 25.5 Å². The molecule has 1 amide bonds. The van der Waals surface area contributed by atoms with Gasteiger partial charge in [-0.1, -0.05) is 0 Å². The van der Waals surface area contributed by atoms with Crippen molar-refractivity contribution in [1.29, 1.82) is 5.26 Å². The lowest BCUT2D eigenvalue weighted by molar-refractivity contribution is -0.128. The van der Waals surface area contributed by atoms with Gasteiger partial charge < -0.3 is 5.32 Å². The molecule has 1 aliphatic heterocycles. The number of nitriles is 1. The van der Waals surface area contributed by atoms with Crippen molar-refractivity contribution < 1.29 is 13.2 Å². The molecule has 1 aliphatic rings. The molecule has 1 atom stereocenters. The molecule has 0 radical (unpaired) electrons. The minimum atomic E-state index is -3.83. The molecule has 112 valence electrons. The van der Waals surface area contributed by atoms with Crippen LogP contribution in [0.15, 0.2) is 23.2 Å². The van der Waals surface area contributed by atoms with Crippen molar-refractivity contribution >= 4 is 15.9 Å². The van der Waals surface area contributed by atoms with E-state index < -0.39 is 15.4 Å². The molecule has 0 aromatic carbocycles. The number of carbonyl (C=O) groups excluding carboxylic acids is 1. The van der Waals surface area contributed by atoms with Crippen LogP contribution in [-0.4, -0.2) is 43.8 Å². The van der Waals surface area contributed by atoms with Gasteiger partial charge in [0, 0.05) is 26.3 Å². The van der Waals surface area contributed by atoms with E-state index in [9.17, 15) is 13.2 Å². The summed E-state index contributed by atoms with van der Waals surface area (Å²) in [5.41, 5.74) is -0.886. The first-order valence-electron chi connectivity index (χ1n) is 6.42. The predicted octanol–water partition coefficient (Wildman–Crippen LogP) is 0.1000. The van der Waals surface area contributed by atoms with Gasteiger partial charge in [0.15, 0.2) is 5.69 Å². The van der Waals surface area contributed by atoms with E-state index in [1.165, 1.54) is 29.7 Å². The molecule has 1 aromatic rings. The average Bonchev–Trinajstić information content (AvgIpc) is 2.90. The highest BCUT2D eigenvalue weighted by Crippen LogP contribution is 2.34. The first-order valence-corrected chi connectivity index (χ1v) is 7.86. The highest BCUT2D eigenvalue weighted by molar-refractivity contribution is 7.89. The number of amides is 1. The van der Waals surface area contributed by atoms with Gasteiger partial charge in [-0.2, -0.15) is 9.57 Å². The third kappa shape index (κ3) is 2.62. The fourth-order valence-electron chi connectivity index (χ4n) is 2.43. The molecule has 0 spiro atoms. The standard InChI is InChI=1S/C13H16N4O3S/c1-13(12(18)15-2)5-7-17(9-13)21(19,20)11-4-3-6-16-10(11)8-14/h3-4,6H,5,7,9H2,1-2H3,(H,15,18). The number of nitrogens with one attached hydrogen (secondary N) is 1. The third-order valence-electron chi connectivity index (χ3n) is 3.71. The molecular formula is C13H16N4O3S. The maximum atomic E-state index is 12.6. The first-order chi connectivity index (χ1) is 9.85. The Kier molecular flexibility index (Phi) is 3.98. The molecule has 0 aliphatic carbocycles. The van der Waals surface area contributed by atoms with Gasteiger partial charge in [0.1, 0.15) is 11.0 Å². The van der Waals surface area contributed by atoms with Gasteiger partial charge in [0.05, 0.1) is 5.41 Å². The molecule has 8 heteroatoms. The Morgan fingerprint density at radius 3 is 2.90 bits per heavy atom. The lowest BCUT2D eigenvalue weighted by Crippen LogP contribution is -2.40. The summed E-state index contributed by atoms with van der Waals surface area (Å²) in [5.74, 6) is -0.188. The molecule has 2 rings (SSSR count). The fourth-order valence-corrected chi connectivity index (χ4v) is 4.09. The number of hydrogen-bond donors (Lipinski definition) is 1. The smallest absolute Gasteiger partial charge is 0.245 e. The molecule has 1 unspecified atom stereocenters. The maximum absolute atomic E-state index is 12.6. The lowest BCUT2D eigenvalue weighted by atomic mass is 9.89. The van der Waals surface area contributed by atoms with Crippen LogP contribution >= 0.6 is 0 Å². The van der Waals surface area contributed by atoms with Crippen LogP contribution in [0.4, 0.5) is 0 Å². The summed E-state index contributed by atoms with van der Waals surface area (Å²) in [6.45, 7) is 2.07. The van der Waals surface area contributed by atoms with Gasteiger partial charge in [-0.15, -0.1) is 0 Å². The molecule has 1 aromatic heterocycles. The van der Waals surface area contributed by atoms with E-state index in [1.54, 1.807) is 13.0 Å². The van der Waals surface area contributed by atoms with Crippen molar-refractivity contribution in [2.45, 2.75) is 18.2 Å². The van der Waals surface area contributed by atoms with E-state index in [-0.39, 0.29) is 29.6 Å². The van der Waals surface area contributed by atoms with Gasteiger partial charge in [0.25, 0.3) is 0 Å². The Hall–Kier alpha value is -1.98. The number of rotatable bonds is 3. The van der Waals surface area contributed by atoms with Crippen LogP contribution in [0.25, 0.3) is 0 Å². The number of aromatic nitrogens is 1. The van der Waals surface area contributed by atoms with E-state index in [0.717, 1.165) is 0 Å². The topological polar surface area (TPSA) is 103 Å². The van der Waals surface area contributed by atoms with Crippen molar-refractivity contribution in [3.05, 3.63) is 24.0 Å². The molecule has 0 saturated carbocycles. The van der Waals surface area contributed by atoms with Crippen LogP contribution in [0.2, 0.25) is 0 Å². The zero-order chi connectivity index (χ0) is 15.7. The number of pyridine rings is 1. The Labute approximate surface area is 123 Å². The summed E-state index contributed by atoms with van der Waals surface area (Å²) in [6, 6.07) is 4.62. The Morgan fingerprint density at radius 1 is 1.57 bits per heavy atom. The zero-order valence-electron chi connectivity index (χ0n) is 11.8. The second kappa shape index (κ2) is 5.42. The van der Waals surface area contributed by atoms with E-state index in [0.29, 0.717) is 6.42 Å². The van der Waals surface area contributed by atoms with E-state index in [4.69, 9.17) is 5.26 Å². The van der Waals surface area contributed by atoms with Gasteiger partial charge in [0.2, 0.25) is 15.9 Å². The van der Waals surface area contributed by atoms with E-state index >= 15 is 0 Å². The highest BCUT2D eigenvalue weighted by Gasteiger charge is 2.44. The first kappa shape index (κ1) is 15.4. The van der Waals surface area contributed by atoms with Gasteiger partial charge >= 0.3 is 0 Å². The summed E-state index contributed by atoms with van der Waals surface area (Å²) >= 11 is 0. The summed E-state index contributed by atoms with van der Waals surface area (Å²) in [5, 5.41) is 11.6. The van der Waals surface area contributed by atoms with Crippen LogP contribution < -0.4 is 5.32 Å². The zero-order valence-corrected chi connectivity index (χ0v) is 12.6. The van der Waals surface area contributed by atoms with E-state index in [2.05, 4.69) is 10.3 Å². The second-order valence-corrected chi connectivity index (χ2v) is 7.10. The molecule has 0 bridgehead atoms. The normalized spacial score (nSPS) is 22.7. The quantitative estimate of drug-likeness (QED) is 0.853. The molecule has 7 nitrogen and oxygen atoms in total. The maximum Gasteiger partial charge on any atom is 0.245 e. The second-order valence-electron chi connectivity index (χ2n) is 5.19. The van der Waals surface area contributed by atoms with Gasteiger partial charge in [-0.3, -0.25) is 4.79 Å². The van der Waals surface area contributed by atoms with Crippen molar-refractivity contribution in [3.63, 3.8) is 0 Å². The Bertz CT molecular complexity index is 710. The number of hydrogen-bond acceptors (Lipinski definition) is 5. The SMILES string of the molecule is CNC(=O)C1(C)CCN(S(=O)(=O)c2cccnc2C#N)C1. The summed E-state index contributed by atoms with van der Waals surface area (Å²) in [7, 11) is -2.30. The number of carbonyl (C=O) groups is 1. The Balaban J connectivity index is 2.35. The molecule has 1 fully saturated rings. The highest BCUT2D eigenvalue weighted by atomic mass is 32.2. The molecule has 21 heavy (non-hydrogen) atoms. The summed E-state index contributed by atoms with van der Waals surface area (Å²) < 4.78 is 26.5. The average molecular weight is 308 g/mol. The monoisotopic (exact) mass is 308 g/mol. The van der Waals surface area contributed by atoms with Crippen LogP contribution in [0.5, 0.6) is 0 Å². The lowest BCUT2D eigenvalue weighted by Gasteiger charge is -2.22. The molecule has 1 N–H and O–H groups in total. The predicted molar refractivity (Wildman–Crippen MR) is 74.5 cm³/mol. The van der Waals surface area contributed by atoms with E-state index in [1.807, 2.05) is 0 Å². The minimum Gasteiger partial charge on any atom is -0.359 e. The summed E-state index contributed by atoms with van der Waals surface area (Å²) in [4.78, 5) is 15.5. The molecular weight excluding hydrogens is 292 g/mol. The van der Waals surface area contributed by atoms with Crippen molar-refractivity contribution in [1.82, 2.24) is 14.6 Å². The number of sulfonamides is 1. The van der Waals surface area contributed by atoms with Crippen molar-refractivity contribution in [3.8, 4) is 6.07 Å². The van der Waals surface area contributed by atoms with Crippen LogP contribution in [0, 0.1) is 16.7 Å². The summed E-state index contributed by atoms with van der Waals surface area (Å²) in [6.07, 6.45) is 1.81. The van der Waals surface area contributed by atoms with Crippen LogP contribution in [0.3, 0.4) is 0 Å². The minimum absolute atomic E-state index is 0.0920. The fraction of sp³-hybridized carbons (Fsp3) is 0.462. The van der Waals surface area contributed by atoms with Crippen molar-refractivity contribution in [2.24, 2.45) is 5.41 Å². The van der Waals surface area contributed by atoms with Gasteiger partial charge in [-0.25, -0.2) is 13.4 Å². The van der Waals surface area contributed by atoms with Crippen LogP contribution in [0.1, 0.15) is 19.0 Å². The van der Waals surface area contributed by atoms with Crippen LogP contribution in [-0.2, 0) is 14.8 Å². The number of nitrogens with zero attached hydrogens (tertiary/aromatic N) is 3.